The van der Waals surface area contributed by atoms with Gasteiger partial charge in [0.05, 0.1) is 12.1 Å². The monoisotopic (exact) mass is 278 g/mol. The van der Waals surface area contributed by atoms with Crippen LogP contribution in [-0.4, -0.2) is 30.1 Å². The van der Waals surface area contributed by atoms with Gasteiger partial charge in [0.1, 0.15) is 0 Å². The minimum absolute atomic E-state index is 0.0848. The molecule has 1 saturated heterocycles. The predicted molar refractivity (Wildman–Crippen MR) is 86.8 cm³/mol. The molecule has 4 heteroatoms. The summed E-state index contributed by atoms with van der Waals surface area (Å²) in [5.41, 5.74) is 14.2. The van der Waals surface area contributed by atoms with Gasteiger partial charge in [-0.15, -0.1) is 0 Å². The first-order valence-electron chi connectivity index (χ1n) is 7.49. The van der Waals surface area contributed by atoms with E-state index in [0.717, 1.165) is 50.2 Å². The van der Waals surface area contributed by atoms with Crippen molar-refractivity contribution in [3.05, 3.63) is 36.8 Å². The Morgan fingerprint density at radius 2 is 2.05 bits per heavy atom. The third kappa shape index (κ3) is 4.60. The highest BCUT2D eigenvalue weighted by atomic mass is 15.2. The lowest BCUT2D eigenvalue weighted by Gasteiger charge is -2.31. The molecule has 0 aromatic carbocycles. The molecule has 2 unspecified atom stereocenters. The zero-order chi connectivity index (χ0) is 15.1. The molecular weight excluding hydrogens is 248 g/mol. The van der Waals surface area contributed by atoms with E-state index in [9.17, 15) is 0 Å². The van der Waals surface area contributed by atoms with E-state index in [1.165, 1.54) is 6.42 Å². The van der Waals surface area contributed by atoms with E-state index in [2.05, 4.69) is 30.0 Å². The summed E-state index contributed by atoms with van der Waals surface area (Å²) in [6.45, 7) is 16.0. The van der Waals surface area contributed by atoms with Crippen molar-refractivity contribution in [2.45, 2.75) is 51.1 Å². The van der Waals surface area contributed by atoms with Crippen molar-refractivity contribution in [2.75, 3.05) is 13.1 Å². The summed E-state index contributed by atoms with van der Waals surface area (Å²) < 4.78 is 0. The third-order valence-electron chi connectivity index (χ3n) is 3.90. The van der Waals surface area contributed by atoms with E-state index in [-0.39, 0.29) is 6.04 Å². The first-order valence-corrected chi connectivity index (χ1v) is 7.49. The minimum Gasteiger partial charge on any atom is -0.401 e. The highest BCUT2D eigenvalue weighted by Crippen LogP contribution is 2.25. The molecule has 0 aromatic heterocycles. The Balaban J connectivity index is 2.56. The molecule has 0 aromatic rings. The highest BCUT2D eigenvalue weighted by molar-refractivity contribution is 5.15. The fraction of sp³-hybridized carbons (Fsp3) is 0.625. The van der Waals surface area contributed by atoms with Gasteiger partial charge in [-0.25, -0.2) is 0 Å². The summed E-state index contributed by atoms with van der Waals surface area (Å²) >= 11 is 0. The van der Waals surface area contributed by atoms with Gasteiger partial charge in [0.2, 0.25) is 0 Å². The Bertz CT molecular complexity index is 361. The van der Waals surface area contributed by atoms with Gasteiger partial charge in [0.15, 0.2) is 0 Å². The van der Waals surface area contributed by atoms with E-state index in [1.807, 2.05) is 6.92 Å². The molecular formula is C16H30N4. The van der Waals surface area contributed by atoms with E-state index in [0.29, 0.717) is 11.7 Å². The maximum atomic E-state index is 5.90. The second-order valence-electron chi connectivity index (χ2n) is 5.67. The molecule has 0 aliphatic carbocycles. The van der Waals surface area contributed by atoms with Gasteiger partial charge in [-0.1, -0.05) is 19.7 Å². The van der Waals surface area contributed by atoms with Crippen LogP contribution in [0.15, 0.2) is 36.8 Å². The fourth-order valence-corrected chi connectivity index (χ4v) is 2.75. The summed E-state index contributed by atoms with van der Waals surface area (Å²) in [5, 5.41) is 3.46. The van der Waals surface area contributed by atoms with Crippen molar-refractivity contribution >= 4 is 0 Å². The van der Waals surface area contributed by atoms with Gasteiger partial charge in [0.25, 0.3) is 0 Å². The molecule has 4 nitrogen and oxygen atoms in total. The van der Waals surface area contributed by atoms with Crippen LogP contribution in [0.25, 0.3) is 0 Å². The van der Waals surface area contributed by atoms with Crippen LogP contribution in [0.1, 0.15) is 39.0 Å². The zero-order valence-electron chi connectivity index (χ0n) is 12.8. The lowest BCUT2D eigenvalue weighted by atomic mass is 10.0. The average Bonchev–Trinajstić information content (AvgIpc) is 2.86. The summed E-state index contributed by atoms with van der Waals surface area (Å²) in [6.07, 6.45) is 5.31. The van der Waals surface area contributed by atoms with Crippen molar-refractivity contribution in [2.24, 2.45) is 11.5 Å². The molecule has 0 spiro atoms. The molecule has 1 fully saturated rings. The van der Waals surface area contributed by atoms with Crippen LogP contribution in [0.3, 0.4) is 0 Å². The molecule has 1 rings (SSSR count). The lowest BCUT2D eigenvalue weighted by molar-refractivity contribution is 0.339. The Morgan fingerprint density at radius 1 is 1.35 bits per heavy atom. The first kappa shape index (κ1) is 16.6. The Hall–Kier alpha value is -1.42. The van der Waals surface area contributed by atoms with Gasteiger partial charge in [0, 0.05) is 23.6 Å². The second kappa shape index (κ2) is 8.00. The molecule has 20 heavy (non-hydrogen) atoms. The third-order valence-corrected chi connectivity index (χ3v) is 3.90. The molecule has 0 bridgehead atoms. The number of nitrogens with zero attached hydrogens (tertiary/aromatic N) is 1. The van der Waals surface area contributed by atoms with Crippen molar-refractivity contribution in [1.82, 2.24) is 10.2 Å². The largest absolute Gasteiger partial charge is 0.401 e. The smallest absolute Gasteiger partial charge is 0.0679 e. The molecule has 114 valence electrons. The molecule has 2 atom stereocenters. The number of hydrogen-bond acceptors (Lipinski definition) is 4. The molecule has 0 amide bonds. The van der Waals surface area contributed by atoms with E-state index >= 15 is 0 Å². The number of likely N-dealkylation sites (tertiary alicyclic amines) is 1. The maximum Gasteiger partial charge on any atom is 0.0679 e. The van der Waals surface area contributed by atoms with E-state index in [4.69, 9.17) is 11.5 Å². The van der Waals surface area contributed by atoms with Crippen molar-refractivity contribution in [1.29, 1.82) is 0 Å². The molecule has 1 aliphatic heterocycles. The summed E-state index contributed by atoms with van der Waals surface area (Å²) in [6, 6.07) is 0.408. The van der Waals surface area contributed by atoms with Crippen molar-refractivity contribution in [3.63, 3.8) is 0 Å². The van der Waals surface area contributed by atoms with Crippen molar-refractivity contribution < 1.29 is 0 Å². The van der Waals surface area contributed by atoms with Crippen LogP contribution in [-0.2, 0) is 0 Å². The minimum atomic E-state index is 0.0848. The van der Waals surface area contributed by atoms with Crippen LogP contribution in [0.2, 0.25) is 0 Å². The van der Waals surface area contributed by atoms with Gasteiger partial charge in [-0.3, -0.25) is 0 Å². The Labute approximate surface area is 123 Å². The van der Waals surface area contributed by atoms with Crippen molar-refractivity contribution in [3.8, 4) is 0 Å². The van der Waals surface area contributed by atoms with Crippen LogP contribution in [0.4, 0.5) is 0 Å². The quantitative estimate of drug-likeness (QED) is 0.565. The number of unbranched alkanes of at least 4 members (excludes halogenated alkanes) is 1. The zero-order valence-corrected chi connectivity index (χ0v) is 12.8. The molecule has 0 radical (unpaired) electrons. The number of nitrogens with one attached hydrogen (secondary N) is 1. The predicted octanol–water partition coefficient (Wildman–Crippen LogP) is 2.06. The number of nitrogens with two attached hydrogens (primary N) is 2. The van der Waals surface area contributed by atoms with E-state index < -0.39 is 0 Å². The maximum absolute atomic E-state index is 5.90. The standard InChI is InChI=1S/C16H30N4/c1-12(2)20-11-7-9-16(20)14(4)19-15(13(3)18)8-5-6-10-17/h15-16,19H,1,3-11,17-18H2,2H3. The summed E-state index contributed by atoms with van der Waals surface area (Å²) in [7, 11) is 0. The Kier molecular flexibility index (Phi) is 6.65. The normalized spacial score (nSPS) is 19.7. The van der Waals surface area contributed by atoms with Crippen LogP contribution >= 0.6 is 0 Å². The van der Waals surface area contributed by atoms with Gasteiger partial charge < -0.3 is 21.7 Å². The van der Waals surface area contributed by atoms with Gasteiger partial charge >= 0.3 is 0 Å². The lowest BCUT2D eigenvalue weighted by Crippen LogP contribution is -2.40. The Morgan fingerprint density at radius 3 is 2.60 bits per heavy atom. The van der Waals surface area contributed by atoms with Crippen LogP contribution in [0, 0.1) is 0 Å². The fourth-order valence-electron chi connectivity index (χ4n) is 2.75. The highest BCUT2D eigenvalue weighted by Gasteiger charge is 2.27. The van der Waals surface area contributed by atoms with Gasteiger partial charge in [-0.2, -0.15) is 0 Å². The molecule has 5 N–H and O–H groups in total. The van der Waals surface area contributed by atoms with Gasteiger partial charge in [-0.05, 0) is 45.6 Å². The number of hydrogen-bond donors (Lipinski definition) is 3. The van der Waals surface area contributed by atoms with E-state index in [1.54, 1.807) is 0 Å². The number of allylic oxidation sites excluding steroid dienone is 1. The molecule has 1 heterocycles. The topological polar surface area (TPSA) is 67.3 Å². The SMILES string of the molecule is C=C(N)C(CCCCN)NC(=C)C1CCCN1C(=C)C. The summed E-state index contributed by atoms with van der Waals surface area (Å²) in [4.78, 5) is 2.31. The number of rotatable bonds is 9. The van der Waals surface area contributed by atoms with Crippen LogP contribution < -0.4 is 16.8 Å². The second-order valence-corrected chi connectivity index (χ2v) is 5.67. The first-order chi connectivity index (χ1) is 9.47. The summed E-state index contributed by atoms with van der Waals surface area (Å²) in [5.74, 6) is 0. The average molecular weight is 278 g/mol. The molecule has 1 aliphatic rings. The molecule has 0 saturated carbocycles. The van der Waals surface area contributed by atoms with Crippen LogP contribution in [0.5, 0.6) is 0 Å².